The monoisotopic (exact) mass is 266 g/mol. The van der Waals surface area contributed by atoms with E-state index in [1.807, 2.05) is 47.9 Å². The van der Waals surface area contributed by atoms with Crippen molar-refractivity contribution in [3.8, 4) is 11.3 Å². The summed E-state index contributed by atoms with van der Waals surface area (Å²) < 4.78 is 5.49. The van der Waals surface area contributed by atoms with Gasteiger partial charge in [0.05, 0.1) is 4.88 Å². The predicted molar refractivity (Wildman–Crippen MR) is 77.2 cm³/mol. The van der Waals surface area contributed by atoms with Gasteiger partial charge in [0.25, 0.3) is 0 Å². The molecule has 92 valence electrons. The second kappa shape index (κ2) is 5.11. The highest BCUT2D eigenvalue weighted by Gasteiger charge is 2.13. The van der Waals surface area contributed by atoms with Crippen LogP contribution < -0.4 is 0 Å². The molecule has 0 atom stereocenters. The van der Waals surface area contributed by atoms with Crippen molar-refractivity contribution in [3.63, 3.8) is 0 Å². The van der Waals surface area contributed by atoms with Gasteiger partial charge < -0.3 is 4.42 Å². The lowest BCUT2D eigenvalue weighted by molar-refractivity contribution is 0.110. The highest BCUT2D eigenvalue weighted by atomic mass is 32.1. The lowest BCUT2D eigenvalue weighted by Crippen LogP contribution is -1.78. The van der Waals surface area contributed by atoms with Crippen LogP contribution in [0.15, 0.2) is 64.1 Å². The second-order valence-corrected chi connectivity index (χ2v) is 4.87. The molecule has 0 unspecified atom stereocenters. The molecule has 0 saturated heterocycles. The fourth-order valence-corrected chi connectivity index (χ4v) is 2.76. The number of furan rings is 1. The minimum Gasteiger partial charge on any atom is -0.453 e. The maximum absolute atomic E-state index is 10.7. The number of allylic oxidation sites excluding steroid dienone is 5. The maximum atomic E-state index is 10.7. The fourth-order valence-electron chi connectivity index (χ4n) is 1.87. The van der Waals surface area contributed by atoms with Crippen LogP contribution >= 0.6 is 11.3 Å². The Hall–Kier alpha value is -2.35. The van der Waals surface area contributed by atoms with E-state index in [0.29, 0.717) is 17.8 Å². The quantitative estimate of drug-likeness (QED) is 0.605. The Bertz CT molecular complexity index is 734. The number of thiophene rings is 1. The van der Waals surface area contributed by atoms with E-state index in [4.69, 9.17) is 4.42 Å². The van der Waals surface area contributed by atoms with E-state index in [1.54, 1.807) is 17.4 Å². The summed E-state index contributed by atoms with van der Waals surface area (Å²) in [6, 6.07) is 5.49. The molecule has 2 nitrogen and oxygen atoms in total. The van der Waals surface area contributed by atoms with Crippen molar-refractivity contribution in [1.82, 2.24) is 0 Å². The Morgan fingerprint density at radius 1 is 1.16 bits per heavy atom. The Balaban J connectivity index is 2.08. The zero-order valence-corrected chi connectivity index (χ0v) is 10.8. The predicted octanol–water partition coefficient (Wildman–Crippen LogP) is 4.49. The van der Waals surface area contributed by atoms with Crippen LogP contribution in [-0.4, -0.2) is 6.29 Å². The van der Waals surface area contributed by atoms with Gasteiger partial charge in [-0.3, -0.25) is 4.79 Å². The molecular weight excluding hydrogens is 256 g/mol. The van der Waals surface area contributed by atoms with Gasteiger partial charge in [0, 0.05) is 11.1 Å². The van der Waals surface area contributed by atoms with E-state index >= 15 is 0 Å². The molecule has 0 bridgehead atoms. The molecule has 0 aromatic carbocycles. The number of rotatable bonds is 3. The van der Waals surface area contributed by atoms with Crippen LogP contribution in [0, 0.1) is 0 Å². The first-order chi connectivity index (χ1) is 9.38. The van der Waals surface area contributed by atoms with Gasteiger partial charge >= 0.3 is 0 Å². The molecule has 3 rings (SSSR count). The first-order valence-electron chi connectivity index (χ1n) is 5.82. The fraction of sp³-hybridized carbons (Fsp3) is 0. The first-order valence-corrected chi connectivity index (χ1v) is 6.70. The minimum atomic E-state index is 0.342. The summed E-state index contributed by atoms with van der Waals surface area (Å²) in [7, 11) is 0. The molecule has 0 N–H and O–H groups in total. The van der Waals surface area contributed by atoms with E-state index in [1.165, 1.54) is 0 Å². The van der Waals surface area contributed by atoms with E-state index in [0.717, 1.165) is 16.0 Å². The molecular formula is C16H10O2S. The highest BCUT2D eigenvalue weighted by molar-refractivity contribution is 7.11. The van der Waals surface area contributed by atoms with Crippen molar-refractivity contribution >= 4 is 23.2 Å². The smallest absolute Gasteiger partial charge is 0.185 e. The van der Waals surface area contributed by atoms with E-state index < -0.39 is 0 Å². The number of hydrogen-bond donors (Lipinski definition) is 0. The number of carbonyl (C=O) groups is 1. The summed E-state index contributed by atoms with van der Waals surface area (Å²) in [5.41, 5.74) is 5.23. The van der Waals surface area contributed by atoms with Gasteiger partial charge in [-0.1, -0.05) is 18.2 Å². The molecule has 0 fully saturated rings. The second-order valence-electron chi connectivity index (χ2n) is 3.95. The SMILES string of the molecule is O=Cc1ccc(-c2ccsc2C2=C=CC=CC=C2)o1. The summed E-state index contributed by atoms with van der Waals surface area (Å²) in [5.74, 6) is 1.05. The van der Waals surface area contributed by atoms with Crippen LogP contribution in [0.25, 0.3) is 16.9 Å². The van der Waals surface area contributed by atoms with Crippen LogP contribution in [0.3, 0.4) is 0 Å². The van der Waals surface area contributed by atoms with Crippen molar-refractivity contribution in [2.75, 3.05) is 0 Å². The Morgan fingerprint density at radius 3 is 2.95 bits per heavy atom. The lowest BCUT2D eigenvalue weighted by atomic mass is 10.1. The maximum Gasteiger partial charge on any atom is 0.185 e. The van der Waals surface area contributed by atoms with Crippen molar-refractivity contribution in [2.24, 2.45) is 0 Å². The van der Waals surface area contributed by atoms with Crippen LogP contribution in [0.5, 0.6) is 0 Å². The summed E-state index contributed by atoms with van der Waals surface area (Å²) in [4.78, 5) is 11.8. The molecule has 2 aromatic rings. The van der Waals surface area contributed by atoms with Crippen LogP contribution in [-0.2, 0) is 0 Å². The molecule has 0 aliphatic heterocycles. The summed E-state index contributed by atoms with van der Waals surface area (Å²) in [5, 5.41) is 2.01. The number of carbonyl (C=O) groups excluding carboxylic acids is 1. The van der Waals surface area contributed by atoms with Gasteiger partial charge in [0.2, 0.25) is 0 Å². The summed E-state index contributed by atoms with van der Waals surface area (Å²) in [6.45, 7) is 0. The third kappa shape index (κ3) is 2.29. The van der Waals surface area contributed by atoms with Gasteiger partial charge in [0.1, 0.15) is 5.76 Å². The zero-order valence-electron chi connectivity index (χ0n) is 10.00. The Labute approximate surface area is 114 Å². The van der Waals surface area contributed by atoms with Crippen LogP contribution in [0.1, 0.15) is 15.4 Å². The summed E-state index contributed by atoms with van der Waals surface area (Å²) >= 11 is 1.63. The van der Waals surface area contributed by atoms with Crippen LogP contribution in [0.4, 0.5) is 0 Å². The normalized spacial score (nSPS) is 13.4. The van der Waals surface area contributed by atoms with E-state index in [9.17, 15) is 4.79 Å². The largest absolute Gasteiger partial charge is 0.453 e. The minimum absolute atomic E-state index is 0.342. The molecule has 0 saturated carbocycles. The van der Waals surface area contributed by atoms with Crippen molar-refractivity contribution in [2.45, 2.75) is 0 Å². The van der Waals surface area contributed by atoms with Crippen LogP contribution in [0.2, 0.25) is 0 Å². The van der Waals surface area contributed by atoms with Gasteiger partial charge in [-0.05, 0) is 35.7 Å². The topological polar surface area (TPSA) is 30.2 Å². The molecule has 19 heavy (non-hydrogen) atoms. The molecule has 2 aromatic heterocycles. The van der Waals surface area contributed by atoms with Gasteiger partial charge in [-0.15, -0.1) is 17.1 Å². The third-order valence-electron chi connectivity index (χ3n) is 2.74. The standard InChI is InChI=1S/C16H10O2S/c17-11-13-7-8-15(18-13)14-9-10-19-16(14)12-5-3-1-2-4-6-12/h1-5,7-11H. The average molecular weight is 266 g/mol. The molecule has 2 heterocycles. The third-order valence-corrected chi connectivity index (χ3v) is 3.69. The van der Waals surface area contributed by atoms with Gasteiger partial charge in [-0.2, -0.15) is 0 Å². The van der Waals surface area contributed by atoms with Crippen molar-refractivity contribution in [3.05, 3.63) is 70.3 Å². The Kier molecular flexibility index (Phi) is 3.15. The number of aldehydes is 1. The molecule has 0 amide bonds. The molecule has 1 aliphatic rings. The Morgan fingerprint density at radius 2 is 2.11 bits per heavy atom. The van der Waals surface area contributed by atoms with E-state index in [-0.39, 0.29) is 0 Å². The molecule has 3 heteroatoms. The first kappa shape index (κ1) is 11.7. The molecule has 0 radical (unpaired) electrons. The zero-order chi connectivity index (χ0) is 13.1. The highest BCUT2D eigenvalue weighted by Crippen LogP contribution is 2.34. The van der Waals surface area contributed by atoms with Gasteiger partial charge in [-0.25, -0.2) is 0 Å². The average Bonchev–Trinajstić information content (AvgIpc) is 3.02. The van der Waals surface area contributed by atoms with Crippen molar-refractivity contribution in [1.29, 1.82) is 0 Å². The molecule has 1 aliphatic carbocycles. The lowest BCUT2D eigenvalue weighted by Gasteiger charge is -1.99. The number of hydrogen-bond acceptors (Lipinski definition) is 3. The summed E-state index contributed by atoms with van der Waals surface area (Å²) in [6.07, 6.45) is 10.5. The molecule has 0 spiro atoms. The van der Waals surface area contributed by atoms with E-state index in [2.05, 4.69) is 5.73 Å². The van der Waals surface area contributed by atoms with Gasteiger partial charge in [0.15, 0.2) is 12.0 Å². The van der Waals surface area contributed by atoms with Crippen molar-refractivity contribution < 1.29 is 9.21 Å².